The number of imidazole rings is 2. The van der Waals surface area contributed by atoms with Gasteiger partial charge in [0.1, 0.15) is 30.7 Å². The van der Waals surface area contributed by atoms with E-state index in [1.54, 1.807) is 0 Å². The molecule has 0 spiro atoms. The summed E-state index contributed by atoms with van der Waals surface area (Å²) in [5.41, 5.74) is 4.81. The Balaban J connectivity index is 0.000000246. The Morgan fingerprint density at radius 2 is 1.13 bits per heavy atom. The van der Waals surface area contributed by atoms with Crippen LogP contribution >= 0.6 is 31.9 Å². The highest BCUT2D eigenvalue weighted by Crippen LogP contribution is 2.26. The number of rotatable bonds is 24. The van der Waals surface area contributed by atoms with E-state index in [4.69, 9.17) is 24.2 Å². The minimum absolute atomic E-state index is 0.199. The summed E-state index contributed by atoms with van der Waals surface area (Å²) >= 11 is 6.74. The van der Waals surface area contributed by atoms with Crippen molar-refractivity contribution in [1.29, 1.82) is 0 Å². The number of nitrogens with one attached hydrogen (secondary N) is 3. The van der Waals surface area contributed by atoms with Gasteiger partial charge in [-0.2, -0.15) is 39.2 Å². The van der Waals surface area contributed by atoms with Gasteiger partial charge < -0.3 is 49.3 Å². The van der Waals surface area contributed by atoms with Crippen LogP contribution in [0.25, 0.3) is 33.4 Å². The van der Waals surface area contributed by atoms with E-state index in [9.17, 15) is 31.5 Å². The number of nitrogens with zero attached hydrogens (tertiary/aromatic N) is 13. The second kappa shape index (κ2) is 27.1. The van der Waals surface area contributed by atoms with E-state index >= 15 is 0 Å². The molecule has 0 aliphatic carbocycles. The highest BCUT2D eigenvalue weighted by atomic mass is 79.9. The number of hydrogen-bond acceptors (Lipinski definition) is 19. The first kappa shape index (κ1) is 67.3. The minimum atomic E-state index is -3.68. The average molecular weight is 1390 g/mol. The van der Waals surface area contributed by atoms with Crippen LogP contribution in [0.3, 0.4) is 0 Å². The van der Waals surface area contributed by atoms with Crippen molar-refractivity contribution in [2.75, 3.05) is 49.4 Å². The summed E-state index contributed by atoms with van der Waals surface area (Å²) in [6.07, 6.45) is 4.90. The molecule has 8 aromatic rings. The number of fused-ring (bicyclic) bond motifs is 4. The van der Waals surface area contributed by atoms with Gasteiger partial charge in [-0.05, 0) is 134 Å². The topological polar surface area (TPSA) is 311 Å². The van der Waals surface area contributed by atoms with Crippen molar-refractivity contribution in [3.05, 3.63) is 80.5 Å². The number of amides is 2. The molecule has 0 saturated carbocycles. The molecule has 4 N–H and O–H groups in total. The standard InChI is InChI=1S/2C27H39BrN8O5SSi/c1-27(2,3)41-26(37)29-11-10-18-8-9-21-20(14-18)32-22(35(21)17-40-12-13-43(5,6)7)16-30-24-34-25(42(4,38)39)33-23-19(28)15-31-36(23)24;1-27(2,3)35(26(37)38)11-10-18-8-9-20-21(14-18)34(17-41-12-13-43(5,6)7)22(31-20)16-29-24-33-25(42(4,39)40)32-23-19(28)15-30-36(23)24/h8-9,14-15H,10-13,16-17H2,1-7H3,(H,29,37)(H,30,33,34);8-9,14-15H,10-13,16-17H2,1-7H3,(H,37,38)(H,29,32,33). The number of hydrogen-bond donors (Lipinski definition) is 4. The zero-order valence-electron chi connectivity index (χ0n) is 51.1. The number of ether oxygens (including phenoxy) is 3. The Labute approximate surface area is 519 Å². The number of carbonyl (C=O) groups excluding carboxylic acids is 1. The van der Waals surface area contributed by atoms with E-state index in [-0.39, 0.29) is 42.0 Å². The maximum absolute atomic E-state index is 12.3. The van der Waals surface area contributed by atoms with Gasteiger partial charge in [-0.25, -0.2) is 36.4 Å². The van der Waals surface area contributed by atoms with Gasteiger partial charge in [0, 0.05) is 60.5 Å². The average Bonchev–Trinajstić information content (AvgIpc) is 1.68. The zero-order chi connectivity index (χ0) is 63.3. The van der Waals surface area contributed by atoms with Crippen LogP contribution in [0.1, 0.15) is 64.3 Å². The Hall–Kier alpha value is -6.17. The molecule has 0 radical (unpaired) electrons. The van der Waals surface area contributed by atoms with Gasteiger partial charge in [0.05, 0.1) is 56.5 Å². The lowest BCUT2D eigenvalue weighted by molar-refractivity contribution is 0.0528. The van der Waals surface area contributed by atoms with Crippen LogP contribution in [0.5, 0.6) is 0 Å². The third-order valence-electron chi connectivity index (χ3n) is 13.0. The normalized spacial score (nSPS) is 12.7. The second-order valence-corrected chi connectivity index (χ2v) is 41.9. The third-order valence-corrected chi connectivity index (χ3v) is 19.3. The van der Waals surface area contributed by atoms with E-state index < -0.39 is 59.1 Å². The lowest BCUT2D eigenvalue weighted by Gasteiger charge is -2.33. The van der Waals surface area contributed by atoms with Crippen molar-refractivity contribution in [3.63, 3.8) is 0 Å². The van der Waals surface area contributed by atoms with Crippen molar-refractivity contribution in [1.82, 2.24) is 68.5 Å². The molecule has 0 saturated heterocycles. The first-order chi connectivity index (χ1) is 39.9. The van der Waals surface area contributed by atoms with E-state index in [1.807, 2.05) is 87.1 Å². The van der Waals surface area contributed by atoms with Crippen LogP contribution in [-0.2, 0) is 73.3 Å². The quantitative estimate of drug-likeness (QED) is 0.0323. The van der Waals surface area contributed by atoms with Crippen molar-refractivity contribution in [2.24, 2.45) is 0 Å². The van der Waals surface area contributed by atoms with Gasteiger partial charge in [0.15, 0.2) is 11.3 Å². The number of carbonyl (C=O) groups is 2. The lowest BCUT2D eigenvalue weighted by atomic mass is 10.0. The van der Waals surface area contributed by atoms with E-state index in [0.717, 1.165) is 57.8 Å². The van der Waals surface area contributed by atoms with Gasteiger partial charge in [0.2, 0.25) is 31.6 Å². The molecule has 0 atom stereocenters. The van der Waals surface area contributed by atoms with Gasteiger partial charge >= 0.3 is 12.2 Å². The monoisotopic (exact) mass is 1390 g/mol. The highest BCUT2D eigenvalue weighted by molar-refractivity contribution is 9.11. The van der Waals surface area contributed by atoms with E-state index in [0.29, 0.717) is 77.8 Å². The predicted molar refractivity (Wildman–Crippen MR) is 342 cm³/mol. The molecule has 26 nitrogen and oxygen atoms in total. The molecule has 0 bridgehead atoms. The van der Waals surface area contributed by atoms with Crippen LogP contribution < -0.4 is 16.0 Å². The number of anilines is 2. The Kier molecular flexibility index (Phi) is 21.2. The first-order valence-electron chi connectivity index (χ1n) is 27.7. The number of sulfone groups is 2. The number of halogens is 2. The SMILES string of the molecule is CC(C)(C)N(CCc1ccc2nc(CNc3nc(S(C)(=O)=O)nc4c(Br)cnn34)n(COCC[Si](C)(C)C)c2c1)C(=O)O.CC(C)(C)OC(=O)NCCc1ccc2c(c1)nc(CNc1nc(S(C)(=O)=O)nc3c(Br)cnn13)n2COCC[Si](C)(C)C. The van der Waals surface area contributed by atoms with Gasteiger partial charge in [-0.3, -0.25) is 0 Å². The largest absolute Gasteiger partial charge is 0.465 e. The lowest BCUT2D eigenvalue weighted by Crippen LogP contribution is -2.45. The number of aromatic nitrogens is 12. The van der Waals surface area contributed by atoms with Crippen LogP contribution in [0.2, 0.25) is 51.4 Å². The number of alkyl carbamates (subject to hydrolysis) is 1. The second-order valence-electron chi connectivity index (χ2n) is 25.2. The van der Waals surface area contributed by atoms with E-state index in [1.165, 1.54) is 26.3 Å². The molecular formula is C54H78Br2N16O10S2Si2. The Morgan fingerprint density at radius 3 is 1.59 bits per heavy atom. The molecule has 6 aromatic heterocycles. The van der Waals surface area contributed by atoms with Gasteiger partial charge in [0.25, 0.3) is 10.3 Å². The molecule has 0 aliphatic rings. The van der Waals surface area contributed by atoms with Gasteiger partial charge in [-0.1, -0.05) is 51.4 Å². The van der Waals surface area contributed by atoms with Crippen LogP contribution in [0, 0.1) is 0 Å². The molecule has 468 valence electrons. The van der Waals surface area contributed by atoms with Crippen molar-refractivity contribution < 1.29 is 45.7 Å². The summed E-state index contributed by atoms with van der Waals surface area (Å²) in [6, 6.07) is 13.9. The number of benzene rings is 2. The molecule has 6 heterocycles. The molecule has 32 heteroatoms. The molecule has 2 aromatic carbocycles. The Bertz CT molecular complexity index is 3980. The molecule has 0 aliphatic heterocycles. The van der Waals surface area contributed by atoms with Crippen molar-refractivity contribution in [3.8, 4) is 0 Å². The van der Waals surface area contributed by atoms with Gasteiger partial charge in [-0.15, -0.1) is 0 Å². The summed E-state index contributed by atoms with van der Waals surface area (Å²) in [5, 5.41) is 26.8. The van der Waals surface area contributed by atoms with Crippen LogP contribution in [0.4, 0.5) is 21.5 Å². The summed E-state index contributed by atoms with van der Waals surface area (Å²) in [5.74, 6) is 1.74. The fourth-order valence-electron chi connectivity index (χ4n) is 8.50. The fourth-order valence-corrected chi connectivity index (χ4v) is 11.7. The fraction of sp³-hybridized carbons (Fsp3) is 0.519. The Morgan fingerprint density at radius 1 is 0.651 bits per heavy atom. The molecule has 2 amide bonds. The predicted octanol–water partition coefficient (Wildman–Crippen LogP) is 9.52. The van der Waals surface area contributed by atoms with Crippen LogP contribution in [0.15, 0.2) is 68.1 Å². The molecule has 86 heavy (non-hydrogen) atoms. The van der Waals surface area contributed by atoms with Crippen LogP contribution in [-0.4, -0.2) is 163 Å². The highest BCUT2D eigenvalue weighted by Gasteiger charge is 2.27. The van der Waals surface area contributed by atoms with E-state index in [2.05, 4.69) is 117 Å². The first-order valence-corrected chi connectivity index (χ1v) is 40.5. The molecule has 0 unspecified atom stereocenters. The van der Waals surface area contributed by atoms with Crippen molar-refractivity contribution >= 4 is 125 Å². The molecule has 8 rings (SSSR count). The molecule has 0 fully saturated rings. The summed E-state index contributed by atoms with van der Waals surface area (Å²) < 4.78 is 74.5. The smallest absolute Gasteiger partial charge is 0.407 e. The summed E-state index contributed by atoms with van der Waals surface area (Å²) in [7, 11) is -9.92. The third kappa shape index (κ3) is 18.4. The minimum Gasteiger partial charge on any atom is -0.465 e. The zero-order valence-corrected chi connectivity index (χ0v) is 57.9. The molecular weight excluding hydrogens is 1310 g/mol. The number of carboxylic acid groups (broad SMARTS) is 1. The maximum atomic E-state index is 12.3. The summed E-state index contributed by atoms with van der Waals surface area (Å²) in [4.78, 5) is 51.8. The maximum Gasteiger partial charge on any atom is 0.407 e. The van der Waals surface area contributed by atoms with Crippen molar-refractivity contribution in [2.45, 2.75) is 154 Å². The summed E-state index contributed by atoms with van der Waals surface area (Å²) in [6.45, 7) is 27.9.